The van der Waals surface area contributed by atoms with E-state index in [0.717, 1.165) is 13.0 Å². The smallest absolute Gasteiger partial charge is 0.315 e. The summed E-state index contributed by atoms with van der Waals surface area (Å²) in [4.78, 5) is 23.3. The van der Waals surface area contributed by atoms with Gasteiger partial charge >= 0.3 is 11.9 Å². The number of hydrogen-bond acceptors (Lipinski definition) is 8. The normalized spacial score (nSPS) is 30.7. The van der Waals surface area contributed by atoms with Crippen molar-refractivity contribution in [1.82, 2.24) is 0 Å². The lowest BCUT2D eigenvalue weighted by Gasteiger charge is -2.38. The summed E-state index contributed by atoms with van der Waals surface area (Å²) in [5, 5.41) is 29.4. The Hall–Kier alpha value is -1.00. The average molecular weight is 364 g/mol. The Kier molecular flexibility index (Phi) is 7.81. The van der Waals surface area contributed by atoms with Crippen LogP contribution >= 0.6 is 0 Å². The topological polar surface area (TPSA) is 123 Å². The zero-order valence-corrected chi connectivity index (χ0v) is 15.6. The minimum Gasteiger partial charge on any atom is -0.459 e. The fourth-order valence-electron chi connectivity index (χ4n) is 2.41. The Morgan fingerprint density at radius 1 is 1.12 bits per heavy atom. The van der Waals surface area contributed by atoms with Crippen molar-refractivity contribution in [3.05, 3.63) is 0 Å². The molecule has 3 N–H and O–H groups in total. The summed E-state index contributed by atoms with van der Waals surface area (Å²) < 4.78 is 15.2. The van der Waals surface area contributed by atoms with Gasteiger partial charge in [0.25, 0.3) is 0 Å². The van der Waals surface area contributed by atoms with Crippen molar-refractivity contribution < 1.29 is 39.1 Å². The van der Waals surface area contributed by atoms with Crippen LogP contribution in [0, 0.1) is 5.92 Å². The zero-order valence-electron chi connectivity index (χ0n) is 14.6. The highest BCUT2D eigenvalue weighted by atomic mass is 28.3. The molecule has 5 atom stereocenters. The van der Waals surface area contributed by atoms with Crippen LogP contribution in [0.3, 0.4) is 0 Å². The highest BCUT2D eigenvalue weighted by Gasteiger charge is 2.48. The SMILES string of the molecule is CC(=O)O[C@@H]1[C@@H](O)[C@@H](O)[C@H](O)C[C@@H]1C(=O)OCOCC[Si](C)(C)C. The second-order valence-electron chi connectivity index (χ2n) is 7.26. The fourth-order valence-corrected chi connectivity index (χ4v) is 3.17. The predicted molar refractivity (Wildman–Crippen MR) is 86.7 cm³/mol. The molecule has 1 fully saturated rings. The van der Waals surface area contributed by atoms with E-state index in [9.17, 15) is 24.9 Å². The van der Waals surface area contributed by atoms with E-state index < -0.39 is 50.3 Å². The molecule has 1 rings (SSSR count). The molecule has 0 aliphatic heterocycles. The molecule has 0 bridgehead atoms. The number of aliphatic hydroxyl groups is 3. The van der Waals surface area contributed by atoms with E-state index in [-0.39, 0.29) is 13.2 Å². The third-order valence-electron chi connectivity index (χ3n) is 3.86. The van der Waals surface area contributed by atoms with E-state index in [1.165, 1.54) is 0 Å². The minimum absolute atomic E-state index is 0.177. The first-order valence-electron chi connectivity index (χ1n) is 7.98. The zero-order chi connectivity index (χ0) is 18.5. The second kappa shape index (κ2) is 8.91. The maximum absolute atomic E-state index is 12.2. The molecule has 0 aromatic rings. The van der Waals surface area contributed by atoms with Gasteiger partial charge in [0.2, 0.25) is 0 Å². The van der Waals surface area contributed by atoms with Crippen LogP contribution < -0.4 is 0 Å². The number of aliphatic hydroxyl groups excluding tert-OH is 3. The maximum Gasteiger partial charge on any atom is 0.315 e. The van der Waals surface area contributed by atoms with Crippen LogP contribution in [0.15, 0.2) is 0 Å². The molecule has 1 aliphatic rings. The molecule has 0 saturated heterocycles. The van der Waals surface area contributed by atoms with E-state index in [0.29, 0.717) is 6.61 Å². The molecule has 0 aromatic heterocycles. The Morgan fingerprint density at radius 2 is 1.75 bits per heavy atom. The molecule has 1 aliphatic carbocycles. The van der Waals surface area contributed by atoms with Crippen LogP contribution in [0.4, 0.5) is 0 Å². The molecule has 0 amide bonds. The van der Waals surface area contributed by atoms with E-state index >= 15 is 0 Å². The first-order chi connectivity index (χ1) is 11.0. The molecule has 24 heavy (non-hydrogen) atoms. The van der Waals surface area contributed by atoms with Gasteiger partial charge in [-0.15, -0.1) is 0 Å². The van der Waals surface area contributed by atoms with Crippen LogP contribution in [0.5, 0.6) is 0 Å². The van der Waals surface area contributed by atoms with Gasteiger partial charge in [-0.1, -0.05) is 19.6 Å². The van der Waals surface area contributed by atoms with Crippen LogP contribution in [0.2, 0.25) is 25.7 Å². The largest absolute Gasteiger partial charge is 0.459 e. The van der Waals surface area contributed by atoms with Gasteiger partial charge in [-0.3, -0.25) is 9.59 Å². The van der Waals surface area contributed by atoms with Gasteiger partial charge in [0.05, 0.1) is 12.0 Å². The summed E-state index contributed by atoms with van der Waals surface area (Å²) in [5.41, 5.74) is 0. The van der Waals surface area contributed by atoms with Crippen molar-refractivity contribution in [1.29, 1.82) is 0 Å². The first kappa shape index (κ1) is 21.0. The first-order valence-corrected chi connectivity index (χ1v) is 11.7. The Labute approximate surface area is 142 Å². The standard InChI is InChI=1S/C15H28O8Si/c1-9(16)23-14-10(7-11(17)12(18)13(14)19)15(20)22-8-21-5-6-24(2,3)4/h10-14,17-19H,5-8H2,1-4H3/t10-,11+,12-,13-,14-/m0/s1. The van der Waals surface area contributed by atoms with E-state index in [2.05, 4.69) is 19.6 Å². The third-order valence-corrected chi connectivity index (χ3v) is 5.56. The highest BCUT2D eigenvalue weighted by Crippen LogP contribution is 2.29. The molecule has 0 spiro atoms. The van der Waals surface area contributed by atoms with Crippen molar-refractivity contribution in [3.63, 3.8) is 0 Å². The molecule has 8 nitrogen and oxygen atoms in total. The average Bonchev–Trinajstić information content (AvgIpc) is 2.45. The van der Waals surface area contributed by atoms with Crippen molar-refractivity contribution >= 4 is 20.0 Å². The van der Waals surface area contributed by atoms with E-state index in [4.69, 9.17) is 14.2 Å². The summed E-state index contributed by atoms with van der Waals surface area (Å²) in [6.07, 6.45) is -5.81. The predicted octanol–water partition coefficient (Wildman–Crippen LogP) is -0.124. The molecule has 0 aromatic carbocycles. The lowest BCUT2D eigenvalue weighted by atomic mass is 9.80. The Balaban J connectivity index is 2.56. The van der Waals surface area contributed by atoms with Crippen LogP contribution in [0.25, 0.3) is 0 Å². The van der Waals surface area contributed by atoms with Crippen molar-refractivity contribution in [3.8, 4) is 0 Å². The maximum atomic E-state index is 12.2. The number of rotatable bonds is 7. The summed E-state index contributed by atoms with van der Waals surface area (Å²) >= 11 is 0. The molecule has 0 unspecified atom stereocenters. The van der Waals surface area contributed by atoms with Crippen LogP contribution in [0.1, 0.15) is 13.3 Å². The lowest BCUT2D eigenvalue weighted by Crippen LogP contribution is -2.57. The second-order valence-corrected chi connectivity index (χ2v) is 12.9. The Bertz CT molecular complexity index is 436. The number of carbonyl (C=O) groups excluding carboxylic acids is 2. The Morgan fingerprint density at radius 3 is 2.29 bits per heavy atom. The molecule has 140 valence electrons. The summed E-state index contributed by atoms with van der Waals surface area (Å²) in [5.74, 6) is -2.52. The van der Waals surface area contributed by atoms with Gasteiger partial charge in [0, 0.05) is 21.6 Å². The molecular formula is C15H28O8Si. The van der Waals surface area contributed by atoms with Gasteiger partial charge in [0.15, 0.2) is 6.79 Å². The quantitative estimate of drug-likeness (QED) is 0.247. The number of carbonyl (C=O) groups is 2. The third kappa shape index (κ3) is 6.48. The number of ether oxygens (including phenoxy) is 3. The molecule has 1 saturated carbocycles. The fraction of sp³-hybridized carbons (Fsp3) is 0.867. The van der Waals surface area contributed by atoms with Gasteiger partial charge < -0.3 is 29.5 Å². The number of esters is 2. The minimum atomic E-state index is -1.57. The summed E-state index contributed by atoms with van der Waals surface area (Å²) in [6.45, 7) is 7.95. The summed E-state index contributed by atoms with van der Waals surface area (Å²) in [7, 11) is -1.24. The monoisotopic (exact) mass is 364 g/mol. The van der Waals surface area contributed by atoms with E-state index in [1.807, 2.05) is 0 Å². The van der Waals surface area contributed by atoms with Crippen molar-refractivity contribution in [2.75, 3.05) is 13.4 Å². The van der Waals surface area contributed by atoms with Gasteiger partial charge in [-0.05, 0) is 12.5 Å². The van der Waals surface area contributed by atoms with Gasteiger partial charge in [0.1, 0.15) is 18.3 Å². The van der Waals surface area contributed by atoms with Crippen molar-refractivity contribution in [2.45, 2.75) is 63.4 Å². The lowest BCUT2D eigenvalue weighted by molar-refractivity contribution is -0.200. The van der Waals surface area contributed by atoms with E-state index in [1.54, 1.807) is 0 Å². The number of hydrogen-bond donors (Lipinski definition) is 3. The molecular weight excluding hydrogens is 336 g/mol. The van der Waals surface area contributed by atoms with Crippen LogP contribution in [-0.2, 0) is 23.8 Å². The summed E-state index contributed by atoms with van der Waals surface area (Å²) in [6, 6.07) is 0.924. The molecule has 0 heterocycles. The highest BCUT2D eigenvalue weighted by molar-refractivity contribution is 6.76. The van der Waals surface area contributed by atoms with Crippen molar-refractivity contribution in [2.24, 2.45) is 5.92 Å². The van der Waals surface area contributed by atoms with Gasteiger partial charge in [-0.25, -0.2) is 0 Å². The molecule has 9 heteroatoms. The van der Waals surface area contributed by atoms with Crippen LogP contribution in [-0.4, -0.2) is 73.1 Å². The van der Waals surface area contributed by atoms with Gasteiger partial charge in [-0.2, -0.15) is 0 Å². The molecule has 0 radical (unpaired) electrons.